The number of nitrogens with one attached hydrogen (secondary N) is 3. The van der Waals surface area contributed by atoms with E-state index in [1.807, 2.05) is 5.32 Å². The molecule has 0 aliphatic carbocycles. The van der Waals surface area contributed by atoms with Crippen LogP contribution in [0.4, 0.5) is 0 Å². The molecule has 186 valence electrons. The average Bonchev–Trinajstić information content (AvgIpc) is 2.70. The number of carboxylic acid groups (broad SMARTS) is 2. The van der Waals surface area contributed by atoms with Gasteiger partial charge in [0.15, 0.2) is 0 Å². The highest BCUT2D eigenvalue weighted by molar-refractivity contribution is 5.95. The summed E-state index contributed by atoms with van der Waals surface area (Å²) in [7, 11) is 0. The minimum absolute atomic E-state index is 0.327. The van der Waals surface area contributed by atoms with Crippen molar-refractivity contribution in [3.63, 3.8) is 0 Å². The van der Waals surface area contributed by atoms with Crippen LogP contribution in [0.5, 0.6) is 0 Å². The van der Waals surface area contributed by atoms with Crippen LogP contribution < -0.4 is 33.2 Å². The maximum Gasteiger partial charge on any atom is 0.326 e. The van der Waals surface area contributed by atoms with E-state index in [0.717, 1.165) is 0 Å². The van der Waals surface area contributed by atoms with Crippen molar-refractivity contribution in [3.8, 4) is 0 Å². The van der Waals surface area contributed by atoms with E-state index in [9.17, 15) is 38.7 Å². The topological polar surface area (TPSA) is 294 Å². The molecule has 5 amide bonds. The zero-order valence-corrected chi connectivity index (χ0v) is 17.5. The summed E-state index contributed by atoms with van der Waals surface area (Å²) in [5.41, 5.74) is 15.5. The number of aliphatic hydroxyl groups is 1. The molecule has 4 unspecified atom stereocenters. The summed E-state index contributed by atoms with van der Waals surface area (Å²) < 4.78 is 0. The first-order valence-corrected chi connectivity index (χ1v) is 9.57. The van der Waals surface area contributed by atoms with Gasteiger partial charge in [0.2, 0.25) is 29.5 Å². The Morgan fingerprint density at radius 1 is 0.697 bits per heavy atom. The van der Waals surface area contributed by atoms with E-state index >= 15 is 0 Å². The Bertz CT molecular complexity index is 773. The average molecular weight is 476 g/mol. The van der Waals surface area contributed by atoms with Gasteiger partial charge in [-0.05, 0) is 12.8 Å². The third-order valence-electron chi connectivity index (χ3n) is 4.15. The number of aliphatic carboxylic acids is 2. The van der Waals surface area contributed by atoms with Crippen LogP contribution in [0.1, 0.15) is 32.1 Å². The highest BCUT2D eigenvalue weighted by Crippen LogP contribution is 2.02. The zero-order chi connectivity index (χ0) is 25.7. The number of carbonyl (C=O) groups excluding carboxylic acids is 5. The van der Waals surface area contributed by atoms with Gasteiger partial charge in [-0.3, -0.25) is 28.8 Å². The van der Waals surface area contributed by atoms with E-state index in [-0.39, 0.29) is 12.8 Å². The third kappa shape index (κ3) is 12.0. The van der Waals surface area contributed by atoms with Gasteiger partial charge < -0.3 is 48.5 Å². The number of hydrogen-bond donors (Lipinski definition) is 9. The van der Waals surface area contributed by atoms with Crippen molar-refractivity contribution < 1.29 is 48.9 Å². The zero-order valence-electron chi connectivity index (χ0n) is 17.5. The minimum atomic E-state index is -1.68. The van der Waals surface area contributed by atoms with Crippen LogP contribution >= 0.6 is 0 Å². The van der Waals surface area contributed by atoms with Crippen LogP contribution in [0.25, 0.3) is 0 Å². The molecule has 0 spiro atoms. The molecule has 0 aromatic carbocycles. The normalized spacial score (nSPS) is 14.1. The van der Waals surface area contributed by atoms with E-state index in [4.69, 9.17) is 27.4 Å². The van der Waals surface area contributed by atoms with Crippen LogP contribution in [-0.4, -0.2) is 87.6 Å². The third-order valence-corrected chi connectivity index (χ3v) is 4.15. The van der Waals surface area contributed by atoms with Gasteiger partial charge in [0.1, 0.15) is 18.1 Å². The molecule has 0 heterocycles. The predicted molar refractivity (Wildman–Crippen MR) is 108 cm³/mol. The molecule has 0 aliphatic heterocycles. The summed E-state index contributed by atoms with van der Waals surface area (Å²) in [6, 6.07) is -6.17. The summed E-state index contributed by atoms with van der Waals surface area (Å²) in [6.07, 6.45) is -2.26. The molecule has 33 heavy (non-hydrogen) atoms. The van der Waals surface area contributed by atoms with Crippen LogP contribution in [0.2, 0.25) is 0 Å². The summed E-state index contributed by atoms with van der Waals surface area (Å²) in [6.45, 7) is -0.986. The van der Waals surface area contributed by atoms with E-state index in [2.05, 4.69) is 10.6 Å². The fourth-order valence-electron chi connectivity index (χ4n) is 2.41. The monoisotopic (exact) mass is 476 g/mol. The highest BCUT2D eigenvalue weighted by Gasteiger charge is 2.30. The lowest BCUT2D eigenvalue weighted by Gasteiger charge is -2.24. The van der Waals surface area contributed by atoms with Gasteiger partial charge in [-0.15, -0.1) is 0 Å². The lowest BCUT2D eigenvalue weighted by molar-refractivity contribution is -0.143. The highest BCUT2D eigenvalue weighted by atomic mass is 16.4. The number of nitrogens with two attached hydrogens (primary N) is 3. The molecule has 0 saturated carbocycles. The van der Waals surface area contributed by atoms with Gasteiger partial charge in [-0.25, -0.2) is 4.79 Å². The van der Waals surface area contributed by atoms with Crippen molar-refractivity contribution in [1.82, 2.24) is 16.0 Å². The molecule has 0 aromatic heterocycles. The predicted octanol–water partition coefficient (Wildman–Crippen LogP) is -5.15. The Morgan fingerprint density at radius 2 is 1.18 bits per heavy atom. The SMILES string of the molecule is NC(=O)CCC(NC(=O)C(N)CC(N)=O)C(=O)NC(CO)C(=O)NC(CCC(=O)O)C(=O)O. The summed E-state index contributed by atoms with van der Waals surface area (Å²) in [4.78, 5) is 80.7. The van der Waals surface area contributed by atoms with Crippen molar-refractivity contribution in [1.29, 1.82) is 0 Å². The van der Waals surface area contributed by atoms with Crippen molar-refractivity contribution in [2.45, 2.75) is 56.3 Å². The fourth-order valence-corrected chi connectivity index (χ4v) is 2.41. The molecule has 16 heteroatoms. The Hall–Kier alpha value is -3.79. The van der Waals surface area contributed by atoms with Crippen molar-refractivity contribution in [2.75, 3.05) is 6.61 Å². The summed E-state index contributed by atoms with van der Waals surface area (Å²) in [5, 5.41) is 33.4. The molecular formula is C17H28N6O10. The van der Waals surface area contributed by atoms with E-state index in [0.29, 0.717) is 0 Å². The lowest BCUT2D eigenvalue weighted by atomic mass is 10.1. The van der Waals surface area contributed by atoms with Gasteiger partial charge in [0.05, 0.1) is 19.1 Å². The van der Waals surface area contributed by atoms with E-state index in [1.54, 1.807) is 0 Å². The number of rotatable bonds is 16. The smallest absolute Gasteiger partial charge is 0.326 e. The van der Waals surface area contributed by atoms with Gasteiger partial charge in [-0.2, -0.15) is 0 Å². The number of aliphatic hydroxyl groups excluding tert-OH is 1. The quantitative estimate of drug-likeness (QED) is 0.101. The number of carbonyl (C=O) groups is 7. The van der Waals surface area contributed by atoms with Crippen LogP contribution in [0.3, 0.4) is 0 Å². The molecular weight excluding hydrogens is 448 g/mol. The standard InChI is InChI=1S/C17H28N6O10/c18-7(5-12(20)26)14(29)21-8(1-3-11(19)25)15(30)23-10(6-24)16(31)22-9(17(32)33)2-4-13(27)28/h7-10,24H,1-6,18H2,(H2,19,25)(H2,20,26)(H,21,29)(H,22,31)(H,23,30)(H,27,28)(H,32,33). The number of primary amides is 2. The molecule has 4 atom stereocenters. The molecule has 0 bridgehead atoms. The number of hydrogen-bond acceptors (Lipinski definition) is 9. The Morgan fingerprint density at radius 3 is 1.64 bits per heavy atom. The van der Waals surface area contributed by atoms with Crippen molar-refractivity contribution in [3.05, 3.63) is 0 Å². The van der Waals surface area contributed by atoms with E-state index in [1.165, 1.54) is 0 Å². The Labute approximate surface area is 187 Å². The lowest BCUT2D eigenvalue weighted by Crippen LogP contribution is -2.58. The first-order chi connectivity index (χ1) is 15.3. The van der Waals surface area contributed by atoms with Gasteiger partial charge >= 0.3 is 11.9 Å². The molecule has 12 N–H and O–H groups in total. The van der Waals surface area contributed by atoms with Gasteiger partial charge in [0, 0.05) is 12.8 Å². The van der Waals surface area contributed by atoms with Crippen LogP contribution in [-0.2, 0) is 33.6 Å². The molecule has 0 aromatic rings. The largest absolute Gasteiger partial charge is 0.481 e. The Kier molecular flexibility index (Phi) is 12.7. The van der Waals surface area contributed by atoms with Crippen molar-refractivity contribution >= 4 is 41.5 Å². The first kappa shape index (κ1) is 29.2. The first-order valence-electron chi connectivity index (χ1n) is 9.57. The molecule has 0 radical (unpaired) electrons. The van der Waals surface area contributed by atoms with Crippen LogP contribution in [0.15, 0.2) is 0 Å². The second kappa shape index (κ2) is 14.3. The van der Waals surface area contributed by atoms with Gasteiger partial charge in [-0.1, -0.05) is 0 Å². The second-order valence-corrected chi connectivity index (χ2v) is 6.92. The molecule has 0 saturated heterocycles. The molecule has 0 rings (SSSR count). The molecule has 16 nitrogen and oxygen atoms in total. The van der Waals surface area contributed by atoms with E-state index < -0.39 is 91.5 Å². The second-order valence-electron chi connectivity index (χ2n) is 6.92. The Balaban J connectivity index is 5.31. The number of amides is 5. The van der Waals surface area contributed by atoms with Crippen molar-refractivity contribution in [2.24, 2.45) is 17.2 Å². The summed E-state index contributed by atoms with van der Waals surface area (Å²) >= 11 is 0. The molecule has 0 fully saturated rings. The molecule has 0 aliphatic rings. The van der Waals surface area contributed by atoms with Gasteiger partial charge in [0.25, 0.3) is 0 Å². The summed E-state index contributed by atoms with van der Waals surface area (Å²) in [5.74, 6) is -7.71. The maximum absolute atomic E-state index is 12.5. The maximum atomic E-state index is 12.5. The number of carboxylic acids is 2. The fraction of sp³-hybridized carbons (Fsp3) is 0.588. The van der Waals surface area contributed by atoms with Crippen LogP contribution in [0, 0.1) is 0 Å². The minimum Gasteiger partial charge on any atom is -0.481 e.